The Morgan fingerprint density at radius 2 is 1.94 bits per heavy atom. The Bertz CT molecular complexity index is 386. The largest absolute Gasteiger partial charge is 0.492 e. The van der Waals surface area contributed by atoms with E-state index in [1.165, 1.54) is 7.05 Å². The number of hydrogen-bond acceptors (Lipinski definition) is 4. The fourth-order valence-electron chi connectivity index (χ4n) is 1.87. The monoisotopic (exact) mass is 251 g/mol. The van der Waals surface area contributed by atoms with Crippen molar-refractivity contribution < 1.29 is 14.2 Å². The average molecular weight is 251 g/mol. The van der Waals surface area contributed by atoms with Crippen molar-refractivity contribution in [1.29, 1.82) is 0 Å². The lowest BCUT2D eigenvalue weighted by Crippen LogP contribution is -2.38. The van der Waals surface area contributed by atoms with Crippen LogP contribution in [0, 0.1) is 4.91 Å². The van der Waals surface area contributed by atoms with E-state index >= 15 is 0 Å². The molecule has 1 aliphatic heterocycles. The van der Waals surface area contributed by atoms with Gasteiger partial charge >= 0.3 is 0 Å². The summed E-state index contributed by atoms with van der Waals surface area (Å²) in [6.45, 7) is 5.14. The highest BCUT2D eigenvalue weighted by atomic mass is 16.5. The van der Waals surface area contributed by atoms with E-state index in [0.29, 0.717) is 12.3 Å². The zero-order chi connectivity index (χ0) is 12.8. The van der Waals surface area contributed by atoms with Gasteiger partial charge in [-0.05, 0) is 12.1 Å². The molecular weight excluding hydrogens is 232 g/mol. The topological polar surface area (TPSA) is 41.8 Å². The molecule has 5 heteroatoms. The van der Waals surface area contributed by atoms with Crippen LogP contribution in [0.4, 0.5) is 5.69 Å². The first kappa shape index (κ1) is 13.0. The lowest BCUT2D eigenvalue weighted by molar-refractivity contribution is -0.428. The molecular formula is C13H19N2O3+. The molecule has 0 N–H and O–H groups in total. The van der Waals surface area contributed by atoms with Crippen LogP contribution in [0.3, 0.4) is 0 Å². The summed E-state index contributed by atoms with van der Waals surface area (Å²) in [6, 6.07) is 7.17. The van der Waals surface area contributed by atoms with Gasteiger partial charge in [-0.15, -0.1) is 0 Å². The molecule has 1 saturated heterocycles. The standard InChI is InChI=1S/C13H19N2O3/c1-14(16)12-2-4-13(5-3-12)18-11-8-15-6-9-17-10-7-15/h2-5H,6-11H2,1H3/q+1. The maximum absolute atomic E-state index is 11.0. The maximum Gasteiger partial charge on any atom is 0.255 e. The molecule has 0 aromatic heterocycles. The van der Waals surface area contributed by atoms with E-state index in [2.05, 4.69) is 4.90 Å². The van der Waals surface area contributed by atoms with Crippen molar-refractivity contribution in [2.24, 2.45) is 0 Å². The molecule has 1 fully saturated rings. The molecule has 5 nitrogen and oxygen atoms in total. The molecule has 1 aliphatic rings. The van der Waals surface area contributed by atoms with Crippen LogP contribution in [0.15, 0.2) is 24.3 Å². The molecule has 18 heavy (non-hydrogen) atoms. The predicted octanol–water partition coefficient (Wildman–Crippen LogP) is 1.44. The van der Waals surface area contributed by atoms with Gasteiger partial charge in [-0.25, -0.2) is 0 Å². The molecule has 0 spiro atoms. The minimum Gasteiger partial charge on any atom is -0.492 e. The van der Waals surface area contributed by atoms with Gasteiger partial charge in [0.05, 0.1) is 13.2 Å². The Balaban J connectivity index is 1.74. The van der Waals surface area contributed by atoms with Crippen molar-refractivity contribution >= 4 is 5.69 Å². The zero-order valence-corrected chi connectivity index (χ0v) is 10.7. The highest BCUT2D eigenvalue weighted by Crippen LogP contribution is 2.16. The zero-order valence-electron chi connectivity index (χ0n) is 10.7. The van der Waals surface area contributed by atoms with Gasteiger partial charge < -0.3 is 9.47 Å². The van der Waals surface area contributed by atoms with Gasteiger partial charge in [-0.2, -0.15) is 0 Å². The molecule has 0 aliphatic carbocycles. The number of rotatable bonds is 5. The molecule has 0 saturated carbocycles. The number of ether oxygens (including phenoxy) is 2. The van der Waals surface area contributed by atoms with E-state index in [4.69, 9.17) is 9.47 Å². The number of nitrogens with zero attached hydrogens (tertiary/aromatic N) is 2. The molecule has 1 aromatic rings. The Kier molecular flexibility index (Phi) is 4.66. The summed E-state index contributed by atoms with van der Waals surface area (Å²) in [6.07, 6.45) is 0. The van der Waals surface area contributed by atoms with Crippen molar-refractivity contribution in [3.8, 4) is 5.75 Å². The second kappa shape index (κ2) is 6.47. The van der Waals surface area contributed by atoms with Crippen LogP contribution in [0.25, 0.3) is 0 Å². The molecule has 0 bridgehead atoms. The fraction of sp³-hybridized carbons (Fsp3) is 0.538. The summed E-state index contributed by atoms with van der Waals surface area (Å²) < 4.78 is 11.8. The van der Waals surface area contributed by atoms with Crippen molar-refractivity contribution in [2.45, 2.75) is 0 Å². The smallest absolute Gasteiger partial charge is 0.255 e. The van der Waals surface area contributed by atoms with Crippen molar-refractivity contribution in [2.75, 3.05) is 46.5 Å². The van der Waals surface area contributed by atoms with E-state index in [1.807, 2.05) is 12.1 Å². The number of nitroso groups, excluding NO2 is 1. The molecule has 0 radical (unpaired) electrons. The lowest BCUT2D eigenvalue weighted by Gasteiger charge is -2.26. The van der Waals surface area contributed by atoms with Gasteiger partial charge in [0.15, 0.2) is 7.05 Å². The fourth-order valence-corrected chi connectivity index (χ4v) is 1.87. The molecule has 1 aromatic carbocycles. The predicted molar refractivity (Wildman–Crippen MR) is 68.4 cm³/mol. The molecule has 0 unspecified atom stereocenters. The molecule has 98 valence electrons. The lowest BCUT2D eigenvalue weighted by atomic mass is 10.3. The second-order valence-electron chi connectivity index (χ2n) is 4.29. The Morgan fingerprint density at radius 1 is 1.28 bits per heavy atom. The number of hydrogen-bond donors (Lipinski definition) is 0. The van der Waals surface area contributed by atoms with Gasteiger partial charge in [-0.1, -0.05) is 0 Å². The minimum atomic E-state index is 0.635. The first-order valence-corrected chi connectivity index (χ1v) is 6.19. The first-order chi connectivity index (χ1) is 8.75. The van der Waals surface area contributed by atoms with Gasteiger partial charge in [0, 0.05) is 41.4 Å². The van der Waals surface area contributed by atoms with Gasteiger partial charge in [0.1, 0.15) is 12.4 Å². The van der Waals surface area contributed by atoms with Crippen LogP contribution in [-0.4, -0.2) is 56.2 Å². The summed E-state index contributed by atoms with van der Waals surface area (Å²) in [5.41, 5.74) is 0.635. The van der Waals surface area contributed by atoms with Crippen LogP contribution in [0.1, 0.15) is 0 Å². The third kappa shape index (κ3) is 3.78. The molecule has 2 rings (SSSR count). The van der Waals surface area contributed by atoms with Gasteiger partial charge in [-0.3, -0.25) is 4.90 Å². The van der Waals surface area contributed by atoms with Crippen LogP contribution in [0.2, 0.25) is 0 Å². The van der Waals surface area contributed by atoms with E-state index in [-0.39, 0.29) is 0 Å². The van der Waals surface area contributed by atoms with E-state index < -0.39 is 0 Å². The summed E-state index contributed by atoms with van der Waals surface area (Å²) in [7, 11) is 1.48. The quantitative estimate of drug-likeness (QED) is 0.743. The summed E-state index contributed by atoms with van der Waals surface area (Å²) in [5.74, 6) is 0.800. The van der Waals surface area contributed by atoms with Crippen LogP contribution in [0.5, 0.6) is 5.75 Å². The van der Waals surface area contributed by atoms with Crippen molar-refractivity contribution in [1.82, 2.24) is 4.90 Å². The third-order valence-electron chi connectivity index (χ3n) is 2.98. The number of benzene rings is 1. The maximum atomic E-state index is 11.0. The van der Waals surface area contributed by atoms with E-state index in [0.717, 1.165) is 43.4 Å². The Hall–Kier alpha value is -1.46. The summed E-state index contributed by atoms with van der Waals surface area (Å²) >= 11 is 0. The molecule has 0 amide bonds. The normalized spacial score (nSPS) is 16.5. The van der Waals surface area contributed by atoms with E-state index in [1.54, 1.807) is 12.1 Å². The second-order valence-corrected chi connectivity index (χ2v) is 4.29. The SMILES string of the molecule is C[N+](=O)c1ccc(OCCN2CCOCC2)cc1. The van der Waals surface area contributed by atoms with Gasteiger partial charge in [0.25, 0.3) is 5.69 Å². The average Bonchev–Trinajstić information content (AvgIpc) is 2.40. The van der Waals surface area contributed by atoms with Crippen LogP contribution < -0.4 is 4.74 Å². The number of morpholine rings is 1. The molecule has 1 heterocycles. The third-order valence-corrected chi connectivity index (χ3v) is 2.98. The molecule has 0 atom stereocenters. The van der Waals surface area contributed by atoms with E-state index in [9.17, 15) is 4.91 Å². The summed E-state index contributed by atoms with van der Waals surface area (Å²) in [4.78, 5) is 13.4. The van der Waals surface area contributed by atoms with Crippen molar-refractivity contribution in [3.05, 3.63) is 29.2 Å². The Labute approximate surface area is 107 Å². The highest BCUT2D eigenvalue weighted by Gasteiger charge is 2.10. The first-order valence-electron chi connectivity index (χ1n) is 6.19. The van der Waals surface area contributed by atoms with Gasteiger partial charge in [0.2, 0.25) is 0 Å². The van der Waals surface area contributed by atoms with Crippen molar-refractivity contribution in [3.63, 3.8) is 0 Å². The highest BCUT2D eigenvalue weighted by molar-refractivity contribution is 5.35. The van der Waals surface area contributed by atoms with Crippen LogP contribution >= 0.6 is 0 Å². The van der Waals surface area contributed by atoms with Crippen LogP contribution in [-0.2, 0) is 4.74 Å². The minimum absolute atomic E-state index is 0.635. The summed E-state index contributed by atoms with van der Waals surface area (Å²) in [5, 5.41) is 0. The Morgan fingerprint density at radius 3 is 2.56 bits per heavy atom.